The maximum Gasteiger partial charge on any atom is 0.291 e. The third kappa shape index (κ3) is 4.54. The van der Waals surface area contributed by atoms with Crippen LogP contribution in [0.25, 0.3) is 0 Å². The van der Waals surface area contributed by atoms with Crippen LogP contribution in [-0.4, -0.2) is 21.2 Å². The second kappa shape index (κ2) is 8.22. The fourth-order valence-corrected chi connectivity index (χ4v) is 2.43. The predicted octanol–water partition coefficient (Wildman–Crippen LogP) is 0.402. The summed E-state index contributed by atoms with van der Waals surface area (Å²) in [4.78, 5) is 0. The van der Waals surface area contributed by atoms with Crippen LogP contribution in [0.2, 0.25) is 0 Å². The van der Waals surface area contributed by atoms with Gasteiger partial charge in [0.1, 0.15) is 0 Å². The van der Waals surface area contributed by atoms with E-state index < -0.39 is 0 Å². The van der Waals surface area contributed by atoms with Crippen molar-refractivity contribution in [3.05, 3.63) is 71.8 Å². The van der Waals surface area contributed by atoms with E-state index in [1.54, 1.807) is 11.8 Å². The van der Waals surface area contributed by atoms with Crippen LogP contribution in [0.5, 0.6) is 0 Å². The highest BCUT2D eigenvalue weighted by molar-refractivity contribution is 8.13. The Hall–Kier alpha value is -1.01. The van der Waals surface area contributed by atoms with Crippen LogP contribution in [0.4, 0.5) is 0 Å². The summed E-state index contributed by atoms with van der Waals surface area (Å²) in [5.41, 5.74) is 2.12. The Morgan fingerprint density at radius 3 is 2.05 bits per heavy atom. The molecule has 0 aliphatic heterocycles. The van der Waals surface area contributed by atoms with Gasteiger partial charge < -0.3 is 24.0 Å². The molecule has 0 saturated carbocycles. The van der Waals surface area contributed by atoms with Crippen molar-refractivity contribution in [2.24, 2.45) is 0 Å². The molecule has 0 radical (unpaired) electrons. The SMILES string of the molecule is CS/C(c1ccccc1)=[N+](/O)Cc1ccccc1.[I-]. The van der Waals surface area contributed by atoms with Gasteiger partial charge in [0.15, 0.2) is 0 Å². The third-order valence-corrected chi connectivity index (χ3v) is 3.46. The second-order valence-corrected chi connectivity index (χ2v) is 4.71. The topological polar surface area (TPSA) is 23.2 Å². The fraction of sp³-hybridized carbons (Fsp3) is 0.133. The lowest BCUT2D eigenvalue weighted by molar-refractivity contribution is -0.784. The Balaban J connectivity index is 0.00000180. The molecular formula is C15H16INOS. The normalized spacial score (nSPS) is 11.4. The third-order valence-electron chi connectivity index (χ3n) is 2.62. The molecule has 1 N–H and O–H groups in total. The molecule has 2 aromatic rings. The smallest absolute Gasteiger partial charge is 0.291 e. The Bertz CT molecular complexity index is 528. The van der Waals surface area contributed by atoms with Crippen molar-refractivity contribution in [1.29, 1.82) is 0 Å². The molecule has 0 unspecified atom stereocenters. The molecule has 2 aromatic carbocycles. The minimum absolute atomic E-state index is 0. The maximum atomic E-state index is 10.2. The number of halogens is 1. The lowest BCUT2D eigenvalue weighted by Crippen LogP contribution is -3.00. The van der Waals surface area contributed by atoms with Gasteiger partial charge in [-0.25, -0.2) is 0 Å². The van der Waals surface area contributed by atoms with Gasteiger partial charge in [-0.3, -0.25) is 5.21 Å². The minimum atomic E-state index is 0. The van der Waals surface area contributed by atoms with Crippen LogP contribution in [0.3, 0.4) is 0 Å². The number of hydrogen-bond donors (Lipinski definition) is 1. The van der Waals surface area contributed by atoms with Gasteiger partial charge >= 0.3 is 0 Å². The van der Waals surface area contributed by atoms with E-state index in [9.17, 15) is 5.21 Å². The van der Waals surface area contributed by atoms with Crippen molar-refractivity contribution < 1.29 is 33.9 Å². The van der Waals surface area contributed by atoms with Crippen molar-refractivity contribution in [3.8, 4) is 0 Å². The van der Waals surface area contributed by atoms with Crippen molar-refractivity contribution in [3.63, 3.8) is 0 Å². The van der Waals surface area contributed by atoms with Gasteiger partial charge in [-0.2, -0.15) is 0 Å². The van der Waals surface area contributed by atoms with Crippen LogP contribution in [0.1, 0.15) is 11.1 Å². The average molecular weight is 385 g/mol. The molecule has 0 saturated heterocycles. The monoisotopic (exact) mass is 385 g/mol. The maximum absolute atomic E-state index is 10.2. The minimum Gasteiger partial charge on any atom is -1.00 e. The highest BCUT2D eigenvalue weighted by Gasteiger charge is 2.16. The van der Waals surface area contributed by atoms with Crippen LogP contribution in [0.15, 0.2) is 60.7 Å². The highest BCUT2D eigenvalue weighted by Crippen LogP contribution is 2.11. The van der Waals surface area contributed by atoms with Crippen molar-refractivity contribution >= 4 is 16.8 Å². The molecule has 0 spiro atoms. The van der Waals surface area contributed by atoms with Crippen molar-refractivity contribution in [1.82, 2.24) is 0 Å². The van der Waals surface area contributed by atoms with E-state index in [-0.39, 0.29) is 24.0 Å². The first-order valence-corrected chi connectivity index (χ1v) is 7.00. The van der Waals surface area contributed by atoms with E-state index in [0.29, 0.717) is 6.54 Å². The van der Waals surface area contributed by atoms with E-state index in [4.69, 9.17) is 0 Å². The molecule has 0 heterocycles. The first-order chi connectivity index (χ1) is 8.81. The summed E-state index contributed by atoms with van der Waals surface area (Å²) in [5, 5.41) is 11.1. The van der Waals surface area contributed by atoms with E-state index in [0.717, 1.165) is 16.2 Å². The highest BCUT2D eigenvalue weighted by atomic mass is 127. The van der Waals surface area contributed by atoms with Gasteiger partial charge in [-0.15, -0.1) is 0 Å². The quantitative estimate of drug-likeness (QED) is 0.207. The summed E-state index contributed by atoms with van der Waals surface area (Å²) in [6.45, 7) is 0.492. The predicted molar refractivity (Wildman–Crippen MR) is 76.3 cm³/mol. The van der Waals surface area contributed by atoms with Gasteiger partial charge in [0.05, 0.1) is 5.56 Å². The van der Waals surface area contributed by atoms with Gasteiger partial charge in [-0.1, -0.05) is 60.3 Å². The lowest BCUT2D eigenvalue weighted by Gasteiger charge is -2.01. The largest absolute Gasteiger partial charge is 1.00 e. The van der Waals surface area contributed by atoms with Crippen molar-refractivity contribution in [2.75, 3.05) is 6.26 Å². The van der Waals surface area contributed by atoms with Crippen LogP contribution in [-0.2, 0) is 6.54 Å². The summed E-state index contributed by atoms with van der Waals surface area (Å²) in [5.74, 6) is 0. The zero-order valence-corrected chi connectivity index (χ0v) is 13.6. The molecular weight excluding hydrogens is 369 g/mol. The van der Waals surface area contributed by atoms with Crippen molar-refractivity contribution in [2.45, 2.75) is 6.54 Å². The summed E-state index contributed by atoms with van der Waals surface area (Å²) in [6, 6.07) is 19.9. The van der Waals surface area contributed by atoms with Gasteiger partial charge in [-0.05, 0) is 23.1 Å². The molecule has 0 bridgehead atoms. The molecule has 0 aliphatic rings. The number of nitrogens with zero attached hydrogens (tertiary/aromatic N) is 1. The zero-order valence-electron chi connectivity index (χ0n) is 10.7. The molecule has 0 aliphatic carbocycles. The number of hydroxylamine groups is 1. The first-order valence-electron chi connectivity index (χ1n) is 5.78. The van der Waals surface area contributed by atoms with Gasteiger partial charge in [0, 0.05) is 5.56 Å². The second-order valence-electron chi connectivity index (χ2n) is 3.92. The summed E-state index contributed by atoms with van der Waals surface area (Å²) < 4.78 is 1.30. The fourth-order valence-electron chi connectivity index (χ4n) is 1.78. The van der Waals surface area contributed by atoms with Gasteiger partial charge in [0.2, 0.25) is 6.54 Å². The van der Waals surface area contributed by atoms with Gasteiger partial charge in [0.25, 0.3) is 5.04 Å². The standard InChI is InChI=1S/C15H16NOS.HI/c1-18-15(14-10-6-3-7-11-14)16(17)12-13-8-4-2-5-9-13;/h2-11,17H,12H2,1H3;1H/q+1;/p-1/b16-15+;. The summed E-state index contributed by atoms with van der Waals surface area (Å²) >= 11 is 1.54. The number of rotatable bonds is 3. The van der Waals surface area contributed by atoms with Crippen LogP contribution in [0, 0.1) is 0 Å². The Morgan fingerprint density at radius 2 is 1.53 bits per heavy atom. The lowest BCUT2D eigenvalue weighted by atomic mass is 10.2. The Labute approximate surface area is 135 Å². The number of thioether (sulfide) groups is 1. The van der Waals surface area contributed by atoms with E-state index in [1.165, 1.54) is 4.74 Å². The van der Waals surface area contributed by atoms with Crippen LogP contribution >= 0.6 is 11.8 Å². The zero-order chi connectivity index (χ0) is 12.8. The van der Waals surface area contributed by atoms with Crippen LogP contribution < -0.4 is 24.0 Å². The summed E-state index contributed by atoms with van der Waals surface area (Å²) in [7, 11) is 0. The van der Waals surface area contributed by atoms with E-state index in [2.05, 4.69) is 0 Å². The Morgan fingerprint density at radius 1 is 1.00 bits per heavy atom. The molecule has 2 nitrogen and oxygen atoms in total. The summed E-state index contributed by atoms with van der Waals surface area (Å²) in [6.07, 6.45) is 1.97. The molecule has 0 fully saturated rings. The molecule has 0 amide bonds. The van der Waals surface area contributed by atoms with E-state index in [1.807, 2.05) is 66.9 Å². The average Bonchev–Trinajstić information content (AvgIpc) is 2.42. The molecule has 19 heavy (non-hydrogen) atoms. The molecule has 2 rings (SSSR count). The molecule has 100 valence electrons. The molecule has 0 aromatic heterocycles. The number of hydrogen-bond acceptors (Lipinski definition) is 2. The number of benzene rings is 2. The Kier molecular flexibility index (Phi) is 6.94. The molecule has 4 heteroatoms. The first kappa shape index (κ1) is 16.0. The molecule has 0 atom stereocenters. The van der Waals surface area contributed by atoms with E-state index >= 15 is 0 Å².